The molecule has 0 aromatic heterocycles. The molecule has 1 saturated carbocycles. The van der Waals surface area contributed by atoms with Gasteiger partial charge in [-0.2, -0.15) is 0 Å². The molecule has 0 amide bonds. The van der Waals surface area contributed by atoms with Crippen LogP contribution in [0.25, 0.3) is 0 Å². The van der Waals surface area contributed by atoms with Crippen molar-refractivity contribution in [2.75, 3.05) is 19.5 Å². The molecule has 3 atom stereocenters. The quantitative estimate of drug-likeness (QED) is 0.863. The molecule has 0 heterocycles. The van der Waals surface area contributed by atoms with Gasteiger partial charge in [-0.25, -0.2) is 8.42 Å². The van der Waals surface area contributed by atoms with Crippen molar-refractivity contribution in [2.45, 2.75) is 23.6 Å². The van der Waals surface area contributed by atoms with Crippen LogP contribution in [0.3, 0.4) is 0 Å². The van der Waals surface area contributed by atoms with E-state index in [1.165, 1.54) is 6.26 Å². The molecule has 2 rings (SSSR count). The van der Waals surface area contributed by atoms with Crippen molar-refractivity contribution < 1.29 is 13.2 Å². The molecule has 0 bridgehead atoms. The number of hydrogen-bond acceptors (Lipinski definition) is 4. The maximum Gasteiger partial charge on any atom is 0.152 e. The summed E-state index contributed by atoms with van der Waals surface area (Å²) in [5, 5.41) is -0.543. The van der Waals surface area contributed by atoms with Gasteiger partial charge in [0.1, 0.15) is 0 Å². The first-order valence-electron chi connectivity index (χ1n) is 6.01. The van der Waals surface area contributed by atoms with E-state index in [9.17, 15) is 8.42 Å². The maximum atomic E-state index is 11.8. The van der Waals surface area contributed by atoms with E-state index in [1.807, 2.05) is 37.3 Å². The van der Waals surface area contributed by atoms with Crippen LogP contribution in [0.1, 0.15) is 18.4 Å². The third-order valence-electron chi connectivity index (χ3n) is 3.48. The molecule has 18 heavy (non-hydrogen) atoms. The van der Waals surface area contributed by atoms with Gasteiger partial charge < -0.3 is 10.5 Å². The average molecular weight is 269 g/mol. The highest BCUT2D eigenvalue weighted by Gasteiger charge is 2.67. The topological polar surface area (TPSA) is 69.4 Å². The highest BCUT2D eigenvalue weighted by Crippen LogP contribution is 2.53. The summed E-state index contributed by atoms with van der Waals surface area (Å²) in [7, 11) is -3.17. The lowest BCUT2D eigenvalue weighted by Gasteiger charge is -2.11. The van der Waals surface area contributed by atoms with E-state index in [0.29, 0.717) is 6.61 Å². The zero-order valence-electron chi connectivity index (χ0n) is 10.7. The zero-order valence-corrected chi connectivity index (χ0v) is 11.5. The van der Waals surface area contributed by atoms with Gasteiger partial charge in [-0.05, 0) is 12.5 Å². The van der Waals surface area contributed by atoms with Gasteiger partial charge in [0.15, 0.2) is 9.84 Å². The van der Waals surface area contributed by atoms with Gasteiger partial charge >= 0.3 is 0 Å². The first-order valence-corrected chi connectivity index (χ1v) is 7.97. The van der Waals surface area contributed by atoms with E-state index in [-0.39, 0.29) is 12.5 Å². The van der Waals surface area contributed by atoms with Gasteiger partial charge in [-0.15, -0.1) is 0 Å². The van der Waals surface area contributed by atoms with Gasteiger partial charge in [0.2, 0.25) is 0 Å². The summed E-state index contributed by atoms with van der Waals surface area (Å²) in [4.78, 5) is 0. The summed E-state index contributed by atoms with van der Waals surface area (Å²) in [6, 6.07) is 9.54. The van der Waals surface area contributed by atoms with Crippen molar-refractivity contribution in [3.05, 3.63) is 35.9 Å². The summed E-state index contributed by atoms with van der Waals surface area (Å²) in [5.41, 5.74) is 6.42. The molecule has 100 valence electrons. The van der Waals surface area contributed by atoms with Crippen LogP contribution in [-0.2, 0) is 14.6 Å². The number of rotatable bonds is 5. The minimum absolute atomic E-state index is 0.166. The maximum absolute atomic E-state index is 11.8. The van der Waals surface area contributed by atoms with Gasteiger partial charge in [0, 0.05) is 18.8 Å². The largest absolute Gasteiger partial charge is 0.380 e. The molecular weight excluding hydrogens is 250 g/mol. The third kappa shape index (κ3) is 2.30. The Balaban J connectivity index is 2.29. The second-order valence-electron chi connectivity index (χ2n) is 4.89. The lowest BCUT2D eigenvalue weighted by Crippen LogP contribution is -2.36. The molecule has 5 heteroatoms. The van der Waals surface area contributed by atoms with E-state index in [1.54, 1.807) is 0 Å². The molecule has 1 aromatic rings. The Morgan fingerprint density at radius 1 is 1.33 bits per heavy atom. The Morgan fingerprint density at radius 3 is 2.44 bits per heavy atom. The smallest absolute Gasteiger partial charge is 0.152 e. The molecule has 1 aromatic carbocycles. The van der Waals surface area contributed by atoms with Crippen LogP contribution < -0.4 is 5.73 Å². The Bertz CT molecular complexity index is 514. The Morgan fingerprint density at radius 2 is 1.94 bits per heavy atom. The SMILES string of the molecule is CCOC[C@]1(N)[C@H](c2ccccc2)[C@@H]1S(C)(=O)=O. The molecule has 0 unspecified atom stereocenters. The van der Waals surface area contributed by atoms with Crippen molar-refractivity contribution in [3.8, 4) is 0 Å². The summed E-state index contributed by atoms with van der Waals surface area (Å²) < 4.78 is 29.0. The normalized spacial score (nSPS) is 31.3. The minimum atomic E-state index is -3.17. The number of benzene rings is 1. The van der Waals surface area contributed by atoms with E-state index >= 15 is 0 Å². The van der Waals surface area contributed by atoms with Crippen LogP contribution in [0.15, 0.2) is 30.3 Å². The fraction of sp³-hybridized carbons (Fsp3) is 0.538. The molecule has 0 saturated heterocycles. The fourth-order valence-corrected chi connectivity index (χ4v) is 4.50. The van der Waals surface area contributed by atoms with Crippen molar-refractivity contribution >= 4 is 9.84 Å². The number of ether oxygens (including phenoxy) is 1. The molecule has 0 radical (unpaired) electrons. The van der Waals surface area contributed by atoms with Crippen molar-refractivity contribution in [1.29, 1.82) is 0 Å². The lowest BCUT2D eigenvalue weighted by molar-refractivity contribution is 0.125. The molecule has 1 aliphatic carbocycles. The molecule has 2 N–H and O–H groups in total. The van der Waals surface area contributed by atoms with Gasteiger partial charge in [-0.3, -0.25) is 0 Å². The summed E-state index contributed by atoms with van der Waals surface area (Å²) in [5.74, 6) is -0.166. The monoisotopic (exact) mass is 269 g/mol. The van der Waals surface area contributed by atoms with Gasteiger partial charge in [-0.1, -0.05) is 30.3 Å². The second kappa shape index (κ2) is 4.64. The van der Waals surface area contributed by atoms with Crippen LogP contribution in [0.5, 0.6) is 0 Å². The molecular formula is C13H19NO3S. The highest BCUT2D eigenvalue weighted by molar-refractivity contribution is 7.91. The van der Waals surface area contributed by atoms with Crippen molar-refractivity contribution in [3.63, 3.8) is 0 Å². The van der Waals surface area contributed by atoms with Gasteiger partial charge in [0.05, 0.1) is 17.4 Å². The van der Waals surface area contributed by atoms with E-state index < -0.39 is 20.6 Å². The molecule has 1 aliphatic rings. The average Bonchev–Trinajstić information content (AvgIpc) is 2.95. The Labute approximate surface area is 108 Å². The minimum Gasteiger partial charge on any atom is -0.380 e. The second-order valence-corrected chi connectivity index (χ2v) is 7.05. The van der Waals surface area contributed by atoms with Crippen LogP contribution in [0.2, 0.25) is 0 Å². The van der Waals surface area contributed by atoms with Crippen LogP contribution in [-0.4, -0.2) is 38.7 Å². The number of nitrogens with two attached hydrogens (primary N) is 1. The predicted molar refractivity (Wildman–Crippen MR) is 71.2 cm³/mol. The van der Waals surface area contributed by atoms with E-state index in [0.717, 1.165) is 5.56 Å². The van der Waals surface area contributed by atoms with Gasteiger partial charge in [0.25, 0.3) is 0 Å². The summed E-state index contributed by atoms with van der Waals surface area (Å²) in [6.07, 6.45) is 1.24. The van der Waals surface area contributed by atoms with Crippen LogP contribution in [0.4, 0.5) is 0 Å². The highest BCUT2D eigenvalue weighted by atomic mass is 32.2. The standard InChI is InChI=1S/C13H19NO3S/c1-3-17-9-13(14)11(12(13)18(2,15)16)10-7-5-4-6-8-10/h4-8,11-12H,3,9,14H2,1-2H3/t11-,12+,13+/m1/s1. The van der Waals surface area contributed by atoms with E-state index in [2.05, 4.69) is 0 Å². The fourth-order valence-electron chi connectivity index (χ4n) is 2.66. The van der Waals surface area contributed by atoms with Crippen LogP contribution >= 0.6 is 0 Å². The molecule has 4 nitrogen and oxygen atoms in total. The lowest BCUT2D eigenvalue weighted by atomic mass is 10.1. The first-order chi connectivity index (χ1) is 8.41. The Hall–Kier alpha value is -0.910. The number of sulfone groups is 1. The summed E-state index contributed by atoms with van der Waals surface area (Å²) in [6.45, 7) is 2.69. The first kappa shape index (κ1) is 13.5. The third-order valence-corrected chi connectivity index (χ3v) is 5.11. The predicted octanol–water partition coefficient (Wildman–Crippen LogP) is 0.931. The zero-order chi connectivity index (χ0) is 13.4. The van der Waals surface area contributed by atoms with Crippen molar-refractivity contribution in [1.82, 2.24) is 0 Å². The molecule has 1 fully saturated rings. The van der Waals surface area contributed by atoms with Crippen molar-refractivity contribution in [2.24, 2.45) is 5.73 Å². The molecule has 0 spiro atoms. The Kier molecular flexibility index (Phi) is 3.49. The molecule has 0 aliphatic heterocycles. The number of hydrogen-bond donors (Lipinski definition) is 1. The summed E-state index contributed by atoms with van der Waals surface area (Å²) >= 11 is 0. The van der Waals surface area contributed by atoms with Crippen LogP contribution in [0, 0.1) is 0 Å². The van der Waals surface area contributed by atoms with E-state index in [4.69, 9.17) is 10.5 Å².